The lowest BCUT2D eigenvalue weighted by Gasteiger charge is -2.08. The molecule has 0 fully saturated rings. The van der Waals surface area contributed by atoms with Crippen LogP contribution < -0.4 is 4.74 Å². The average Bonchev–Trinajstić information content (AvgIpc) is 2.73. The minimum absolute atomic E-state index is 0.693. The third-order valence-electron chi connectivity index (χ3n) is 4.96. The zero-order valence-electron chi connectivity index (χ0n) is 17.4. The molecule has 0 bridgehead atoms. The second-order valence-corrected chi connectivity index (χ2v) is 7.26. The number of ether oxygens (including phenoxy) is 1. The second-order valence-electron chi connectivity index (χ2n) is 7.26. The summed E-state index contributed by atoms with van der Waals surface area (Å²) < 4.78 is 5.72. The van der Waals surface area contributed by atoms with Crippen molar-refractivity contribution >= 4 is 11.6 Å². The van der Waals surface area contributed by atoms with Crippen LogP contribution >= 0.6 is 0 Å². The Morgan fingerprint density at radius 2 is 1.61 bits per heavy atom. The van der Waals surface area contributed by atoms with E-state index in [1.54, 1.807) is 0 Å². The highest BCUT2D eigenvalue weighted by molar-refractivity contribution is 5.90. The van der Waals surface area contributed by atoms with Crippen molar-refractivity contribution in [2.45, 2.75) is 65.2 Å². The Hall–Kier alpha value is -2.53. The molecule has 0 atom stereocenters. The molecule has 2 heteroatoms. The molecule has 0 N–H and O–H groups in total. The molecule has 0 saturated heterocycles. The van der Waals surface area contributed by atoms with Gasteiger partial charge in [0.15, 0.2) is 0 Å². The number of nitriles is 1. The summed E-state index contributed by atoms with van der Waals surface area (Å²) in [5, 5.41) is 9.70. The maximum atomic E-state index is 9.70. The molecule has 0 aliphatic heterocycles. The van der Waals surface area contributed by atoms with Crippen LogP contribution in [0.3, 0.4) is 0 Å². The highest BCUT2D eigenvalue weighted by Gasteiger charge is 2.05. The van der Waals surface area contributed by atoms with Gasteiger partial charge in [-0.1, -0.05) is 70.2 Å². The van der Waals surface area contributed by atoms with E-state index in [1.165, 1.54) is 37.7 Å². The summed E-state index contributed by atoms with van der Waals surface area (Å²) in [6.45, 7) is 5.13. The first kappa shape index (κ1) is 21.8. The van der Waals surface area contributed by atoms with Gasteiger partial charge in [-0.3, -0.25) is 0 Å². The van der Waals surface area contributed by atoms with Crippen molar-refractivity contribution in [3.63, 3.8) is 0 Å². The fourth-order valence-electron chi connectivity index (χ4n) is 3.22. The highest BCUT2D eigenvalue weighted by atomic mass is 16.5. The number of rotatable bonds is 12. The summed E-state index contributed by atoms with van der Waals surface area (Å²) in [7, 11) is 0. The van der Waals surface area contributed by atoms with Gasteiger partial charge in [-0.05, 0) is 66.3 Å². The van der Waals surface area contributed by atoms with Crippen LogP contribution in [0.25, 0.3) is 11.6 Å². The SMILES string of the molecule is CCCCCCCc1ccccc1/C=C(\C#N)c1ccc(OCCCC)cc1. The molecular weight excluding hydrogens is 342 g/mol. The van der Waals surface area contributed by atoms with Crippen LogP contribution in [0.4, 0.5) is 0 Å². The molecule has 0 aromatic heterocycles. The lowest BCUT2D eigenvalue weighted by atomic mass is 9.97. The lowest BCUT2D eigenvalue weighted by molar-refractivity contribution is 0.309. The summed E-state index contributed by atoms with van der Waals surface area (Å²) >= 11 is 0. The maximum Gasteiger partial charge on any atom is 0.119 e. The summed E-state index contributed by atoms with van der Waals surface area (Å²) in [5.74, 6) is 0.863. The van der Waals surface area contributed by atoms with Gasteiger partial charge >= 0.3 is 0 Å². The van der Waals surface area contributed by atoms with Gasteiger partial charge in [0.1, 0.15) is 5.75 Å². The minimum atomic E-state index is 0.693. The third kappa shape index (κ3) is 7.24. The number of benzene rings is 2. The van der Waals surface area contributed by atoms with Gasteiger partial charge in [0.05, 0.1) is 18.2 Å². The van der Waals surface area contributed by atoms with Crippen molar-refractivity contribution in [2.24, 2.45) is 0 Å². The summed E-state index contributed by atoms with van der Waals surface area (Å²) in [4.78, 5) is 0. The van der Waals surface area contributed by atoms with E-state index in [0.717, 1.165) is 42.7 Å². The van der Waals surface area contributed by atoms with Gasteiger partial charge in [0.25, 0.3) is 0 Å². The van der Waals surface area contributed by atoms with Crippen LogP contribution in [0.5, 0.6) is 5.75 Å². The fourth-order valence-corrected chi connectivity index (χ4v) is 3.22. The van der Waals surface area contributed by atoms with Crippen molar-refractivity contribution in [3.8, 4) is 11.8 Å². The number of nitrogens with zero attached hydrogens (tertiary/aromatic N) is 1. The number of unbranched alkanes of at least 4 members (excludes halogenated alkanes) is 5. The van der Waals surface area contributed by atoms with Gasteiger partial charge in [0, 0.05) is 0 Å². The molecular formula is C26H33NO. The molecule has 2 rings (SSSR count). The molecule has 0 unspecified atom stereocenters. The average molecular weight is 376 g/mol. The Morgan fingerprint density at radius 1 is 0.893 bits per heavy atom. The van der Waals surface area contributed by atoms with Crippen molar-refractivity contribution in [2.75, 3.05) is 6.61 Å². The van der Waals surface area contributed by atoms with Gasteiger partial charge in [-0.25, -0.2) is 0 Å². The topological polar surface area (TPSA) is 33.0 Å². The Balaban J connectivity index is 2.08. The minimum Gasteiger partial charge on any atom is -0.494 e. The van der Waals surface area contributed by atoms with E-state index in [-0.39, 0.29) is 0 Å². The van der Waals surface area contributed by atoms with Crippen molar-refractivity contribution in [1.82, 2.24) is 0 Å². The van der Waals surface area contributed by atoms with E-state index in [9.17, 15) is 5.26 Å². The molecule has 0 saturated carbocycles. The number of allylic oxidation sites excluding steroid dienone is 1. The second kappa shape index (κ2) is 12.8. The van der Waals surface area contributed by atoms with Crippen LogP contribution in [0.2, 0.25) is 0 Å². The highest BCUT2D eigenvalue weighted by Crippen LogP contribution is 2.23. The zero-order valence-corrected chi connectivity index (χ0v) is 17.4. The van der Waals surface area contributed by atoms with Gasteiger partial charge in [0.2, 0.25) is 0 Å². The molecule has 28 heavy (non-hydrogen) atoms. The van der Waals surface area contributed by atoms with E-state index in [1.807, 2.05) is 36.4 Å². The Labute approximate surface area is 170 Å². The monoisotopic (exact) mass is 375 g/mol. The largest absolute Gasteiger partial charge is 0.494 e. The smallest absolute Gasteiger partial charge is 0.119 e. The van der Waals surface area contributed by atoms with E-state index < -0.39 is 0 Å². The Morgan fingerprint density at radius 3 is 2.32 bits per heavy atom. The molecule has 0 radical (unpaired) electrons. The summed E-state index contributed by atoms with van der Waals surface area (Å²) in [6.07, 6.45) is 11.6. The first-order valence-electron chi connectivity index (χ1n) is 10.7. The number of hydrogen-bond donors (Lipinski definition) is 0. The standard InChI is InChI=1S/C26H33NO/c1-3-5-7-8-9-12-22-13-10-11-14-24(22)20-25(21-27)23-15-17-26(18-16-23)28-19-6-4-2/h10-11,13-18,20H,3-9,12,19H2,1-2H3/b25-20+. The van der Waals surface area contributed by atoms with Gasteiger partial charge < -0.3 is 4.74 Å². The van der Waals surface area contributed by atoms with E-state index in [2.05, 4.69) is 38.1 Å². The van der Waals surface area contributed by atoms with E-state index in [4.69, 9.17) is 4.74 Å². The molecule has 148 valence electrons. The molecule has 0 amide bonds. The van der Waals surface area contributed by atoms with Crippen molar-refractivity contribution in [3.05, 3.63) is 65.2 Å². The first-order valence-corrected chi connectivity index (χ1v) is 10.7. The van der Waals surface area contributed by atoms with Crippen molar-refractivity contribution < 1.29 is 4.74 Å². The maximum absolute atomic E-state index is 9.70. The molecule has 2 nitrogen and oxygen atoms in total. The van der Waals surface area contributed by atoms with E-state index >= 15 is 0 Å². The van der Waals surface area contributed by atoms with Crippen LogP contribution in [0.15, 0.2) is 48.5 Å². The first-order chi connectivity index (χ1) is 13.8. The summed E-state index contributed by atoms with van der Waals surface area (Å²) in [5.41, 5.74) is 4.10. The van der Waals surface area contributed by atoms with E-state index in [0.29, 0.717) is 5.57 Å². The van der Waals surface area contributed by atoms with Gasteiger partial charge in [-0.2, -0.15) is 5.26 Å². The van der Waals surface area contributed by atoms with Crippen LogP contribution in [0.1, 0.15) is 75.5 Å². The Kier molecular flexibility index (Phi) is 9.94. The normalized spacial score (nSPS) is 11.2. The Bertz CT molecular complexity index is 768. The summed E-state index contributed by atoms with van der Waals surface area (Å²) in [6, 6.07) is 18.7. The predicted octanol–water partition coefficient (Wildman–Crippen LogP) is 7.44. The quantitative estimate of drug-likeness (QED) is 0.219. The van der Waals surface area contributed by atoms with Crippen LogP contribution in [-0.2, 0) is 6.42 Å². The van der Waals surface area contributed by atoms with Gasteiger partial charge in [-0.15, -0.1) is 0 Å². The molecule has 0 aliphatic carbocycles. The fraction of sp³-hybridized carbons (Fsp3) is 0.423. The molecule has 0 heterocycles. The molecule has 0 spiro atoms. The molecule has 2 aromatic rings. The number of aryl methyl sites for hydroxylation is 1. The molecule has 2 aromatic carbocycles. The van der Waals surface area contributed by atoms with Crippen LogP contribution in [0, 0.1) is 11.3 Å². The molecule has 0 aliphatic rings. The van der Waals surface area contributed by atoms with Crippen molar-refractivity contribution in [1.29, 1.82) is 5.26 Å². The van der Waals surface area contributed by atoms with Crippen LogP contribution in [-0.4, -0.2) is 6.61 Å². The third-order valence-corrected chi connectivity index (χ3v) is 4.96. The number of hydrogen-bond acceptors (Lipinski definition) is 2. The zero-order chi connectivity index (χ0) is 20.0. The lowest BCUT2D eigenvalue weighted by Crippen LogP contribution is -1.96. The predicted molar refractivity (Wildman–Crippen MR) is 119 cm³/mol.